The van der Waals surface area contributed by atoms with Gasteiger partial charge in [-0.1, -0.05) is 23.2 Å². The van der Waals surface area contributed by atoms with E-state index >= 15 is 0 Å². The molecule has 0 saturated heterocycles. The number of hydrogen-bond acceptors (Lipinski definition) is 3. The quantitative estimate of drug-likeness (QED) is 0.635. The molecule has 0 amide bonds. The Kier molecular flexibility index (Phi) is 2.46. The summed E-state index contributed by atoms with van der Waals surface area (Å²) < 4.78 is 1.54. The smallest absolute Gasteiger partial charge is 0.166 e. The van der Waals surface area contributed by atoms with E-state index in [2.05, 4.69) is 15.1 Å². The van der Waals surface area contributed by atoms with Crippen molar-refractivity contribution in [3.8, 4) is 11.1 Å². The van der Waals surface area contributed by atoms with Gasteiger partial charge in [-0.25, -0.2) is 9.50 Å². The lowest BCUT2D eigenvalue weighted by Crippen LogP contribution is -1.92. The van der Waals surface area contributed by atoms with E-state index in [0.717, 1.165) is 11.1 Å². The number of hydrogen-bond donors (Lipinski definition) is 0. The van der Waals surface area contributed by atoms with E-state index in [9.17, 15) is 0 Å². The van der Waals surface area contributed by atoms with E-state index in [4.69, 9.17) is 23.2 Å². The molecule has 0 N–H and O–H groups in total. The summed E-state index contributed by atoms with van der Waals surface area (Å²) >= 11 is 11.9. The Morgan fingerprint density at radius 2 is 1.88 bits per heavy atom. The molecule has 0 aliphatic rings. The van der Waals surface area contributed by atoms with Gasteiger partial charge in [0.15, 0.2) is 5.65 Å². The third kappa shape index (κ3) is 1.75. The molecular weight excluding hydrogens is 259 g/mol. The van der Waals surface area contributed by atoms with Gasteiger partial charge in [0, 0.05) is 24.0 Å². The highest BCUT2D eigenvalue weighted by atomic mass is 35.5. The first-order valence-electron chi connectivity index (χ1n) is 4.86. The summed E-state index contributed by atoms with van der Waals surface area (Å²) in [6.07, 6.45) is 5.13. The lowest BCUT2D eigenvalue weighted by molar-refractivity contribution is 0.940. The standard InChI is InChI=1S/C11H6Cl2N4/c12-9-5-10(13)17-11(16-9)8(6-15-17)7-1-3-14-4-2-7/h1-6H. The molecule has 0 radical (unpaired) electrons. The van der Waals surface area contributed by atoms with Crippen LogP contribution in [0.5, 0.6) is 0 Å². The summed E-state index contributed by atoms with van der Waals surface area (Å²) in [6, 6.07) is 5.32. The molecule has 3 aromatic rings. The number of rotatable bonds is 1. The van der Waals surface area contributed by atoms with Crippen LogP contribution >= 0.6 is 23.2 Å². The Bertz CT molecular complexity index is 679. The maximum absolute atomic E-state index is 6.03. The van der Waals surface area contributed by atoms with Gasteiger partial charge in [0.25, 0.3) is 0 Å². The van der Waals surface area contributed by atoms with Crippen molar-refractivity contribution in [3.05, 3.63) is 47.1 Å². The molecule has 0 unspecified atom stereocenters. The molecule has 0 aliphatic carbocycles. The summed E-state index contributed by atoms with van der Waals surface area (Å²) in [5.41, 5.74) is 2.48. The fourth-order valence-corrected chi connectivity index (χ4v) is 2.10. The molecule has 0 fully saturated rings. The Morgan fingerprint density at radius 3 is 2.65 bits per heavy atom. The van der Waals surface area contributed by atoms with Crippen LogP contribution in [0.1, 0.15) is 0 Å². The number of fused-ring (bicyclic) bond motifs is 1. The van der Waals surface area contributed by atoms with Crippen LogP contribution in [0.2, 0.25) is 10.3 Å². The zero-order chi connectivity index (χ0) is 11.8. The third-order valence-corrected chi connectivity index (χ3v) is 2.85. The lowest BCUT2D eigenvalue weighted by atomic mass is 10.1. The highest BCUT2D eigenvalue weighted by Crippen LogP contribution is 2.26. The number of aromatic nitrogens is 4. The molecule has 0 bridgehead atoms. The van der Waals surface area contributed by atoms with Crippen LogP contribution in [-0.2, 0) is 0 Å². The zero-order valence-electron chi connectivity index (χ0n) is 8.51. The lowest BCUT2D eigenvalue weighted by Gasteiger charge is -2.00. The second kappa shape index (κ2) is 3.98. The van der Waals surface area contributed by atoms with Crippen LogP contribution in [0.4, 0.5) is 0 Å². The molecular formula is C11H6Cl2N4. The van der Waals surface area contributed by atoms with Crippen LogP contribution in [0.15, 0.2) is 36.8 Å². The largest absolute Gasteiger partial charge is 0.265 e. The van der Waals surface area contributed by atoms with Gasteiger partial charge < -0.3 is 0 Å². The van der Waals surface area contributed by atoms with Gasteiger partial charge in [0.05, 0.1) is 6.20 Å². The monoisotopic (exact) mass is 264 g/mol. The number of pyridine rings is 1. The van der Waals surface area contributed by atoms with E-state index in [0.29, 0.717) is 16.0 Å². The van der Waals surface area contributed by atoms with Crippen LogP contribution in [0, 0.1) is 0 Å². The van der Waals surface area contributed by atoms with Gasteiger partial charge in [-0.15, -0.1) is 0 Å². The zero-order valence-corrected chi connectivity index (χ0v) is 10.0. The molecule has 0 atom stereocenters. The highest BCUT2D eigenvalue weighted by molar-refractivity contribution is 6.33. The highest BCUT2D eigenvalue weighted by Gasteiger charge is 2.11. The summed E-state index contributed by atoms with van der Waals surface area (Å²) in [6.45, 7) is 0. The minimum absolute atomic E-state index is 0.346. The van der Waals surface area contributed by atoms with Gasteiger partial charge in [0.1, 0.15) is 10.3 Å². The van der Waals surface area contributed by atoms with Crippen LogP contribution in [-0.4, -0.2) is 19.6 Å². The van der Waals surface area contributed by atoms with E-state index in [1.165, 1.54) is 0 Å². The van der Waals surface area contributed by atoms with Gasteiger partial charge in [-0.3, -0.25) is 4.98 Å². The topological polar surface area (TPSA) is 43.1 Å². The Labute approximate surface area is 107 Å². The van der Waals surface area contributed by atoms with Gasteiger partial charge in [-0.2, -0.15) is 5.10 Å². The molecule has 3 heterocycles. The summed E-state index contributed by atoms with van der Waals surface area (Å²) in [7, 11) is 0. The fourth-order valence-electron chi connectivity index (χ4n) is 1.63. The molecule has 6 heteroatoms. The minimum Gasteiger partial charge on any atom is -0.265 e. The average Bonchev–Trinajstić information content (AvgIpc) is 2.74. The van der Waals surface area contributed by atoms with E-state index < -0.39 is 0 Å². The molecule has 3 aromatic heterocycles. The Hall–Kier alpha value is -1.65. The van der Waals surface area contributed by atoms with Crippen molar-refractivity contribution in [1.29, 1.82) is 0 Å². The predicted octanol–water partition coefficient (Wildman–Crippen LogP) is 3.10. The van der Waals surface area contributed by atoms with Crippen molar-refractivity contribution in [2.24, 2.45) is 0 Å². The molecule has 84 valence electrons. The first-order chi connectivity index (χ1) is 8.25. The molecule has 0 aliphatic heterocycles. The summed E-state index contributed by atoms with van der Waals surface area (Å²) in [4.78, 5) is 8.20. The van der Waals surface area contributed by atoms with E-state index in [1.54, 1.807) is 29.2 Å². The maximum Gasteiger partial charge on any atom is 0.166 e. The normalized spacial score (nSPS) is 10.9. The Balaban J connectivity index is 2.32. The molecule has 0 spiro atoms. The molecule has 0 saturated carbocycles. The average molecular weight is 265 g/mol. The van der Waals surface area contributed by atoms with Gasteiger partial charge >= 0.3 is 0 Å². The van der Waals surface area contributed by atoms with Gasteiger partial charge in [-0.05, 0) is 17.7 Å². The second-order valence-electron chi connectivity index (χ2n) is 3.43. The van der Waals surface area contributed by atoms with Crippen LogP contribution < -0.4 is 0 Å². The molecule has 4 nitrogen and oxygen atoms in total. The Morgan fingerprint density at radius 1 is 1.12 bits per heavy atom. The van der Waals surface area contributed by atoms with E-state index in [1.807, 2.05) is 12.1 Å². The number of nitrogens with zero attached hydrogens (tertiary/aromatic N) is 4. The molecule has 17 heavy (non-hydrogen) atoms. The summed E-state index contributed by atoms with van der Waals surface area (Å²) in [5, 5.41) is 4.96. The van der Waals surface area contributed by atoms with Crippen molar-refractivity contribution in [2.45, 2.75) is 0 Å². The van der Waals surface area contributed by atoms with Crippen molar-refractivity contribution in [3.63, 3.8) is 0 Å². The molecule has 0 aromatic carbocycles. The van der Waals surface area contributed by atoms with Crippen molar-refractivity contribution in [1.82, 2.24) is 19.6 Å². The first-order valence-corrected chi connectivity index (χ1v) is 5.61. The van der Waals surface area contributed by atoms with Crippen molar-refractivity contribution in [2.75, 3.05) is 0 Å². The predicted molar refractivity (Wildman–Crippen MR) is 66.2 cm³/mol. The van der Waals surface area contributed by atoms with Crippen molar-refractivity contribution >= 4 is 28.8 Å². The molecule has 3 rings (SSSR count). The van der Waals surface area contributed by atoms with E-state index in [-0.39, 0.29) is 0 Å². The maximum atomic E-state index is 6.03. The summed E-state index contributed by atoms with van der Waals surface area (Å²) in [5.74, 6) is 0. The SMILES string of the molecule is Clc1cc(Cl)n2ncc(-c3ccncc3)c2n1. The van der Waals surface area contributed by atoms with Gasteiger partial charge in [0.2, 0.25) is 0 Å². The second-order valence-corrected chi connectivity index (χ2v) is 4.21. The van der Waals surface area contributed by atoms with Crippen LogP contribution in [0.25, 0.3) is 16.8 Å². The van der Waals surface area contributed by atoms with Crippen molar-refractivity contribution < 1.29 is 0 Å². The fraction of sp³-hybridized carbons (Fsp3) is 0. The minimum atomic E-state index is 0.346. The third-order valence-electron chi connectivity index (χ3n) is 2.39. The first kappa shape index (κ1) is 10.5. The van der Waals surface area contributed by atoms with Crippen LogP contribution in [0.3, 0.4) is 0 Å². The number of halogens is 2.